The molecule has 17 heavy (non-hydrogen) atoms. The van der Waals surface area contributed by atoms with Gasteiger partial charge in [-0.1, -0.05) is 13.3 Å². The van der Waals surface area contributed by atoms with E-state index in [-0.39, 0.29) is 5.56 Å². The summed E-state index contributed by atoms with van der Waals surface area (Å²) in [6.07, 6.45) is 2.95. The summed E-state index contributed by atoms with van der Waals surface area (Å²) in [5.74, 6) is 1.21. The van der Waals surface area contributed by atoms with Crippen LogP contribution < -0.4 is 16.4 Å². The highest BCUT2D eigenvalue weighted by molar-refractivity contribution is 5.91. The second kappa shape index (κ2) is 4.57. The second-order valence-electron chi connectivity index (χ2n) is 4.17. The van der Waals surface area contributed by atoms with Gasteiger partial charge < -0.3 is 0 Å². The minimum atomic E-state index is -0.0797. The highest BCUT2D eigenvalue weighted by Gasteiger charge is 2.16. The number of fused-ring (bicyclic) bond motifs is 1. The van der Waals surface area contributed by atoms with Crippen LogP contribution in [0, 0.1) is 13.8 Å². The topological polar surface area (TPSA) is 71.3 Å². The van der Waals surface area contributed by atoms with Crippen LogP contribution in [0.1, 0.15) is 37.4 Å². The molecule has 2 heterocycles. The number of hydrogen-bond acceptors (Lipinski definition) is 5. The van der Waals surface area contributed by atoms with Gasteiger partial charge in [-0.25, -0.2) is 10.4 Å². The van der Waals surface area contributed by atoms with Crippen LogP contribution >= 0.6 is 0 Å². The lowest BCUT2D eigenvalue weighted by Gasteiger charge is -2.20. The standard InChI is InChI=1S/C11H17N5O/c1-4-5-6-9-13-14-11-12-8(3)7(2)10(17)16(11)15-9/h4-6H2,1-3H3,(H,12,14)(H,13,15). The lowest BCUT2D eigenvalue weighted by Crippen LogP contribution is -2.40. The van der Waals surface area contributed by atoms with Crippen molar-refractivity contribution in [3.05, 3.63) is 21.6 Å². The van der Waals surface area contributed by atoms with Crippen LogP contribution in [0.4, 0.5) is 5.95 Å². The fourth-order valence-electron chi connectivity index (χ4n) is 1.62. The van der Waals surface area contributed by atoms with Crippen LogP contribution in [0.5, 0.6) is 0 Å². The fraction of sp³-hybridized carbons (Fsp3) is 0.545. The van der Waals surface area contributed by atoms with Crippen LogP contribution in [0.3, 0.4) is 0 Å². The number of amidine groups is 1. The Kier molecular flexibility index (Phi) is 3.12. The predicted molar refractivity (Wildman–Crippen MR) is 67.9 cm³/mol. The predicted octanol–water partition coefficient (Wildman–Crippen LogP) is 1.33. The number of nitrogens with one attached hydrogen (secondary N) is 2. The average molecular weight is 235 g/mol. The van der Waals surface area contributed by atoms with Crippen LogP contribution in [-0.4, -0.2) is 15.5 Å². The maximum atomic E-state index is 12.0. The van der Waals surface area contributed by atoms with Crippen molar-refractivity contribution in [3.63, 3.8) is 0 Å². The first-order valence-electron chi connectivity index (χ1n) is 5.83. The van der Waals surface area contributed by atoms with Crippen molar-refractivity contribution in [3.8, 4) is 0 Å². The number of hydrogen-bond donors (Lipinski definition) is 2. The quantitative estimate of drug-likeness (QED) is 0.829. The van der Waals surface area contributed by atoms with Crippen molar-refractivity contribution in [2.75, 3.05) is 10.9 Å². The van der Waals surface area contributed by atoms with Crippen molar-refractivity contribution in [1.29, 1.82) is 0 Å². The monoisotopic (exact) mass is 235 g/mol. The van der Waals surface area contributed by atoms with E-state index >= 15 is 0 Å². The van der Waals surface area contributed by atoms with Gasteiger partial charge in [0, 0.05) is 17.7 Å². The van der Waals surface area contributed by atoms with Gasteiger partial charge in [0.2, 0.25) is 5.95 Å². The van der Waals surface area contributed by atoms with Gasteiger partial charge in [0.15, 0.2) is 0 Å². The molecule has 0 fully saturated rings. The fourth-order valence-corrected chi connectivity index (χ4v) is 1.62. The largest absolute Gasteiger partial charge is 0.277 e. The third kappa shape index (κ3) is 2.15. The molecule has 2 N–H and O–H groups in total. The number of aryl methyl sites for hydroxylation is 1. The third-order valence-electron chi connectivity index (χ3n) is 2.85. The summed E-state index contributed by atoms with van der Waals surface area (Å²) < 4.78 is 1.42. The molecule has 1 aromatic rings. The van der Waals surface area contributed by atoms with E-state index < -0.39 is 0 Å². The first kappa shape index (κ1) is 11.6. The number of unbranched alkanes of at least 4 members (excludes halogenated alkanes) is 1. The van der Waals surface area contributed by atoms with E-state index in [4.69, 9.17) is 0 Å². The summed E-state index contributed by atoms with van der Waals surface area (Å²) in [6.45, 7) is 5.71. The molecule has 1 aromatic heterocycles. The molecule has 0 saturated heterocycles. The van der Waals surface area contributed by atoms with Crippen molar-refractivity contribution in [1.82, 2.24) is 9.66 Å². The number of anilines is 1. The molecule has 1 aliphatic rings. The van der Waals surface area contributed by atoms with E-state index in [2.05, 4.69) is 27.9 Å². The smallest absolute Gasteiger partial charge is 0.274 e. The Morgan fingerprint density at radius 3 is 2.82 bits per heavy atom. The molecule has 2 rings (SSSR count). The van der Waals surface area contributed by atoms with Crippen LogP contribution in [0.15, 0.2) is 9.90 Å². The Labute approximate surface area is 99.7 Å². The molecule has 0 aliphatic carbocycles. The van der Waals surface area contributed by atoms with Gasteiger partial charge in [-0.2, -0.15) is 9.78 Å². The Morgan fingerprint density at radius 2 is 2.12 bits per heavy atom. The number of nitrogens with zero attached hydrogens (tertiary/aromatic N) is 3. The summed E-state index contributed by atoms with van der Waals surface area (Å²) >= 11 is 0. The highest BCUT2D eigenvalue weighted by atomic mass is 16.1. The normalized spacial score (nSPS) is 13.5. The van der Waals surface area contributed by atoms with Crippen molar-refractivity contribution < 1.29 is 0 Å². The Morgan fingerprint density at radius 1 is 1.35 bits per heavy atom. The summed E-state index contributed by atoms with van der Waals surface area (Å²) in [5.41, 5.74) is 7.10. The van der Waals surface area contributed by atoms with Gasteiger partial charge in [-0.15, -0.1) is 0 Å². The molecule has 1 aliphatic heterocycles. The maximum absolute atomic E-state index is 12.0. The zero-order valence-electron chi connectivity index (χ0n) is 10.4. The van der Waals surface area contributed by atoms with E-state index in [1.54, 1.807) is 6.92 Å². The first-order valence-corrected chi connectivity index (χ1v) is 5.83. The maximum Gasteiger partial charge on any atom is 0.277 e. The van der Waals surface area contributed by atoms with Crippen LogP contribution in [0.25, 0.3) is 0 Å². The molecule has 0 saturated carbocycles. The molecule has 0 aromatic carbocycles. The molecule has 0 atom stereocenters. The molecular weight excluding hydrogens is 218 g/mol. The third-order valence-corrected chi connectivity index (χ3v) is 2.85. The molecule has 0 radical (unpaired) electrons. The van der Waals surface area contributed by atoms with Gasteiger partial charge >= 0.3 is 0 Å². The van der Waals surface area contributed by atoms with Gasteiger partial charge in [0.1, 0.15) is 5.84 Å². The van der Waals surface area contributed by atoms with Crippen molar-refractivity contribution in [2.24, 2.45) is 5.10 Å². The summed E-state index contributed by atoms with van der Waals surface area (Å²) in [6, 6.07) is 0. The highest BCUT2D eigenvalue weighted by Crippen LogP contribution is 2.09. The molecular formula is C11H17N5O. The van der Waals surface area contributed by atoms with Crippen LogP contribution in [0.2, 0.25) is 0 Å². The zero-order chi connectivity index (χ0) is 12.4. The molecule has 0 bridgehead atoms. The Balaban J connectivity index is 2.30. The van der Waals surface area contributed by atoms with E-state index in [0.717, 1.165) is 30.8 Å². The van der Waals surface area contributed by atoms with E-state index in [9.17, 15) is 4.79 Å². The molecule has 0 unspecified atom stereocenters. The SMILES string of the molecule is CCCCC1=NNc2nc(C)c(C)c(=O)n2N1. The Hall–Kier alpha value is -1.85. The van der Waals surface area contributed by atoms with Gasteiger partial charge in [0.25, 0.3) is 5.56 Å². The molecule has 92 valence electrons. The summed E-state index contributed by atoms with van der Waals surface area (Å²) in [5, 5.41) is 4.15. The van der Waals surface area contributed by atoms with E-state index in [0.29, 0.717) is 11.5 Å². The molecule has 0 amide bonds. The van der Waals surface area contributed by atoms with E-state index in [1.807, 2.05) is 6.92 Å². The lowest BCUT2D eigenvalue weighted by atomic mass is 10.2. The first-order chi connectivity index (χ1) is 8.13. The minimum absolute atomic E-state index is 0.0797. The second-order valence-corrected chi connectivity index (χ2v) is 4.17. The number of hydrazone groups is 1. The molecule has 0 spiro atoms. The molecule has 6 nitrogen and oxygen atoms in total. The minimum Gasteiger partial charge on any atom is -0.274 e. The summed E-state index contributed by atoms with van der Waals surface area (Å²) in [4.78, 5) is 16.3. The average Bonchev–Trinajstić information content (AvgIpc) is 2.34. The van der Waals surface area contributed by atoms with Crippen molar-refractivity contribution >= 4 is 11.8 Å². The number of rotatable bonds is 3. The summed E-state index contributed by atoms with van der Waals surface area (Å²) in [7, 11) is 0. The van der Waals surface area contributed by atoms with Gasteiger partial charge in [-0.3, -0.25) is 10.2 Å². The van der Waals surface area contributed by atoms with Gasteiger partial charge in [-0.05, 0) is 20.3 Å². The lowest BCUT2D eigenvalue weighted by molar-refractivity contribution is 0.783. The van der Waals surface area contributed by atoms with E-state index in [1.165, 1.54) is 4.68 Å². The van der Waals surface area contributed by atoms with Gasteiger partial charge in [0.05, 0.1) is 0 Å². The zero-order valence-corrected chi connectivity index (χ0v) is 10.4. The van der Waals surface area contributed by atoms with Crippen LogP contribution in [-0.2, 0) is 0 Å². The van der Waals surface area contributed by atoms with Crippen molar-refractivity contribution in [2.45, 2.75) is 40.0 Å². The number of aromatic nitrogens is 2. The molecule has 6 heteroatoms. The Bertz CT molecular complexity index is 517.